The quantitative estimate of drug-likeness (QED) is 0.813. The molecule has 0 spiro atoms. The van der Waals surface area contributed by atoms with Crippen LogP contribution in [0.3, 0.4) is 0 Å². The number of halogens is 1. The number of rotatable bonds is 7. The van der Waals surface area contributed by atoms with Crippen LogP contribution in [-0.2, 0) is 4.74 Å². The summed E-state index contributed by atoms with van der Waals surface area (Å²) in [6, 6.07) is 4.26. The third kappa shape index (κ3) is 5.49. The number of aliphatic hydroxyl groups excluding tert-OH is 1. The summed E-state index contributed by atoms with van der Waals surface area (Å²) in [5, 5.41) is 9.62. The normalized spacial score (nSPS) is 21.0. The Morgan fingerprint density at radius 1 is 1.40 bits per heavy atom. The van der Waals surface area contributed by atoms with E-state index in [2.05, 4.69) is 4.90 Å². The number of carbonyl (C=O) groups excluding carboxylic acids is 1. The third-order valence-corrected chi connectivity index (χ3v) is 4.84. The van der Waals surface area contributed by atoms with Crippen LogP contribution < -0.4 is 0 Å². The average molecular weight is 352 g/mol. The fourth-order valence-electron chi connectivity index (χ4n) is 3.57. The average Bonchev–Trinajstić information content (AvgIpc) is 2.59. The Hall–Kier alpha value is -1.50. The molecular weight excluding hydrogens is 323 g/mol. The number of piperidine rings is 1. The summed E-state index contributed by atoms with van der Waals surface area (Å²) in [7, 11) is 3.72. The van der Waals surface area contributed by atoms with Crippen molar-refractivity contribution in [3.8, 4) is 0 Å². The molecular formula is C19H29FN2O3. The number of likely N-dealkylation sites (N-methyl/N-ethyl adjacent to an activating group) is 1. The number of methoxy groups -OCH3 is 1. The van der Waals surface area contributed by atoms with E-state index < -0.39 is 0 Å². The monoisotopic (exact) mass is 352 g/mol. The lowest BCUT2D eigenvalue weighted by Crippen LogP contribution is -2.48. The molecule has 1 saturated heterocycles. The van der Waals surface area contributed by atoms with Gasteiger partial charge in [-0.25, -0.2) is 4.39 Å². The van der Waals surface area contributed by atoms with Gasteiger partial charge in [-0.1, -0.05) is 0 Å². The molecule has 1 fully saturated rings. The first-order valence-corrected chi connectivity index (χ1v) is 8.78. The van der Waals surface area contributed by atoms with Gasteiger partial charge in [0.1, 0.15) is 5.82 Å². The molecule has 140 valence electrons. The van der Waals surface area contributed by atoms with E-state index in [1.165, 1.54) is 12.1 Å². The minimum atomic E-state index is -0.335. The Kier molecular flexibility index (Phi) is 7.35. The van der Waals surface area contributed by atoms with E-state index in [1.54, 1.807) is 25.0 Å². The first kappa shape index (κ1) is 19.8. The Balaban J connectivity index is 2.07. The molecule has 1 amide bonds. The summed E-state index contributed by atoms with van der Waals surface area (Å²) in [6.45, 7) is 5.39. The summed E-state index contributed by atoms with van der Waals surface area (Å²) >= 11 is 0. The molecule has 1 aliphatic rings. The maximum absolute atomic E-state index is 13.3. The number of nitrogens with zero attached hydrogens (tertiary/aromatic N) is 2. The predicted octanol–water partition coefficient (Wildman–Crippen LogP) is 1.78. The van der Waals surface area contributed by atoms with Crippen LogP contribution in [0.2, 0.25) is 0 Å². The van der Waals surface area contributed by atoms with Crippen LogP contribution in [0.1, 0.15) is 22.3 Å². The van der Waals surface area contributed by atoms with Crippen molar-refractivity contribution < 1.29 is 19.0 Å². The van der Waals surface area contributed by atoms with Gasteiger partial charge in [0.2, 0.25) is 0 Å². The van der Waals surface area contributed by atoms with Crippen LogP contribution in [-0.4, -0.2) is 74.4 Å². The molecule has 0 bridgehead atoms. The second-order valence-corrected chi connectivity index (χ2v) is 7.07. The smallest absolute Gasteiger partial charge is 0.254 e. The van der Waals surface area contributed by atoms with Gasteiger partial charge in [-0.2, -0.15) is 0 Å². The Morgan fingerprint density at radius 2 is 2.12 bits per heavy atom. The molecule has 2 rings (SSSR count). The maximum atomic E-state index is 13.3. The van der Waals surface area contributed by atoms with Gasteiger partial charge in [-0.15, -0.1) is 0 Å². The van der Waals surface area contributed by atoms with Gasteiger partial charge in [-0.3, -0.25) is 4.79 Å². The molecule has 1 N–H and O–H groups in total. The van der Waals surface area contributed by atoms with Crippen LogP contribution in [0.5, 0.6) is 0 Å². The molecule has 1 aromatic rings. The van der Waals surface area contributed by atoms with Crippen molar-refractivity contribution in [2.24, 2.45) is 11.8 Å². The maximum Gasteiger partial charge on any atom is 0.254 e. The summed E-state index contributed by atoms with van der Waals surface area (Å²) in [6.07, 6.45) is 0.903. The van der Waals surface area contributed by atoms with Crippen LogP contribution in [0.15, 0.2) is 18.2 Å². The topological polar surface area (TPSA) is 53.0 Å². The van der Waals surface area contributed by atoms with Gasteiger partial charge in [0, 0.05) is 45.5 Å². The molecule has 0 aromatic heterocycles. The SMILES string of the molecule is COCCN(C)C[C@@H]1C[C@H](CO)CN(C(=O)c2ccc(F)cc2C)C1. The number of amides is 1. The summed E-state index contributed by atoms with van der Waals surface area (Å²) in [5.74, 6) is -0.0319. The lowest BCUT2D eigenvalue weighted by atomic mass is 9.88. The zero-order valence-corrected chi connectivity index (χ0v) is 15.4. The van der Waals surface area contributed by atoms with Crippen molar-refractivity contribution >= 4 is 5.91 Å². The lowest BCUT2D eigenvalue weighted by molar-refractivity contribution is 0.0450. The minimum Gasteiger partial charge on any atom is -0.396 e. The van der Waals surface area contributed by atoms with E-state index in [0.717, 1.165) is 19.5 Å². The molecule has 1 aliphatic heterocycles. The Labute approximate surface area is 149 Å². The highest BCUT2D eigenvalue weighted by atomic mass is 19.1. The van der Waals surface area contributed by atoms with Crippen LogP contribution in [0.25, 0.3) is 0 Å². The molecule has 0 aliphatic carbocycles. The second-order valence-electron chi connectivity index (χ2n) is 7.07. The number of likely N-dealkylation sites (tertiary alicyclic amines) is 1. The van der Waals surface area contributed by atoms with Gasteiger partial charge in [-0.05, 0) is 56.0 Å². The van der Waals surface area contributed by atoms with Gasteiger partial charge >= 0.3 is 0 Å². The van der Waals surface area contributed by atoms with E-state index in [1.807, 2.05) is 7.05 Å². The number of carbonyl (C=O) groups is 1. The van der Waals surface area contributed by atoms with Gasteiger partial charge in [0.05, 0.1) is 6.61 Å². The fraction of sp³-hybridized carbons (Fsp3) is 0.632. The molecule has 0 radical (unpaired) electrons. The number of ether oxygens (including phenoxy) is 1. The predicted molar refractivity (Wildman–Crippen MR) is 95.1 cm³/mol. The first-order valence-electron chi connectivity index (χ1n) is 8.78. The largest absolute Gasteiger partial charge is 0.396 e. The zero-order valence-electron chi connectivity index (χ0n) is 15.4. The second kappa shape index (κ2) is 9.27. The number of hydrogen-bond acceptors (Lipinski definition) is 4. The van der Waals surface area contributed by atoms with Crippen molar-refractivity contribution in [1.82, 2.24) is 9.80 Å². The van der Waals surface area contributed by atoms with E-state index in [-0.39, 0.29) is 24.2 Å². The molecule has 1 heterocycles. The highest BCUT2D eigenvalue weighted by Crippen LogP contribution is 2.25. The summed E-state index contributed by atoms with van der Waals surface area (Å²) in [4.78, 5) is 16.9. The number of benzene rings is 1. The molecule has 0 saturated carbocycles. The van der Waals surface area contributed by atoms with E-state index >= 15 is 0 Å². The van der Waals surface area contributed by atoms with Crippen molar-refractivity contribution in [3.63, 3.8) is 0 Å². The lowest BCUT2D eigenvalue weighted by Gasteiger charge is -2.39. The number of hydrogen-bond donors (Lipinski definition) is 1. The van der Waals surface area contributed by atoms with Crippen molar-refractivity contribution in [3.05, 3.63) is 35.1 Å². The van der Waals surface area contributed by atoms with Crippen LogP contribution in [0.4, 0.5) is 4.39 Å². The zero-order chi connectivity index (χ0) is 18.4. The highest BCUT2D eigenvalue weighted by molar-refractivity contribution is 5.95. The van der Waals surface area contributed by atoms with Crippen molar-refractivity contribution in [1.29, 1.82) is 0 Å². The number of aryl methyl sites for hydroxylation is 1. The van der Waals surface area contributed by atoms with E-state index in [9.17, 15) is 14.3 Å². The molecule has 25 heavy (non-hydrogen) atoms. The Bertz CT molecular complexity index is 582. The van der Waals surface area contributed by atoms with E-state index in [0.29, 0.717) is 36.7 Å². The molecule has 0 unspecified atom stereocenters. The van der Waals surface area contributed by atoms with Crippen LogP contribution in [0, 0.1) is 24.6 Å². The van der Waals surface area contributed by atoms with Gasteiger partial charge in [0.25, 0.3) is 5.91 Å². The highest BCUT2D eigenvalue weighted by Gasteiger charge is 2.31. The molecule has 5 nitrogen and oxygen atoms in total. The Morgan fingerprint density at radius 3 is 2.76 bits per heavy atom. The standard InChI is InChI=1S/C19H29FN2O3/c1-14-8-17(20)4-5-18(14)19(24)22-11-15(9-16(12-22)13-23)10-21(2)6-7-25-3/h4-5,8,15-16,23H,6-7,9-13H2,1-3H3/t15-,16-/m0/s1. The first-order chi connectivity index (χ1) is 11.9. The van der Waals surface area contributed by atoms with Crippen molar-refractivity contribution in [2.75, 3.05) is 53.6 Å². The van der Waals surface area contributed by atoms with E-state index in [4.69, 9.17) is 4.74 Å². The summed E-state index contributed by atoms with van der Waals surface area (Å²) in [5.41, 5.74) is 1.18. The molecule has 1 aromatic carbocycles. The minimum absolute atomic E-state index is 0.0739. The summed E-state index contributed by atoms with van der Waals surface area (Å²) < 4.78 is 18.4. The third-order valence-electron chi connectivity index (χ3n) is 4.84. The van der Waals surface area contributed by atoms with Crippen LogP contribution >= 0.6 is 0 Å². The van der Waals surface area contributed by atoms with Gasteiger partial charge in [0.15, 0.2) is 0 Å². The fourth-order valence-corrected chi connectivity index (χ4v) is 3.57. The number of aliphatic hydroxyl groups is 1. The molecule has 2 atom stereocenters. The van der Waals surface area contributed by atoms with Crippen molar-refractivity contribution in [2.45, 2.75) is 13.3 Å². The van der Waals surface area contributed by atoms with Gasteiger partial charge < -0.3 is 19.6 Å². The molecule has 6 heteroatoms.